The number of aromatic nitrogens is 2. The zero-order valence-corrected chi connectivity index (χ0v) is 8.98. The van der Waals surface area contributed by atoms with E-state index in [1.807, 2.05) is 0 Å². The van der Waals surface area contributed by atoms with Gasteiger partial charge in [0.2, 0.25) is 5.95 Å². The molecule has 1 aliphatic heterocycles. The molecule has 1 aromatic heterocycles. The third-order valence-electron chi connectivity index (χ3n) is 2.64. The van der Waals surface area contributed by atoms with E-state index in [0.29, 0.717) is 19.5 Å². The van der Waals surface area contributed by atoms with Crippen molar-refractivity contribution in [2.75, 3.05) is 18.0 Å². The Labute approximate surface area is 96.1 Å². The molecule has 1 saturated heterocycles. The highest BCUT2D eigenvalue weighted by Crippen LogP contribution is 2.28. The van der Waals surface area contributed by atoms with Gasteiger partial charge in [0.25, 0.3) is 0 Å². The second-order valence-electron chi connectivity index (χ2n) is 4.01. The predicted molar refractivity (Wildman–Crippen MR) is 54.5 cm³/mol. The fourth-order valence-electron chi connectivity index (χ4n) is 1.77. The van der Waals surface area contributed by atoms with Crippen LogP contribution in [0.5, 0.6) is 0 Å². The molecular weight excluding hydrogens is 235 g/mol. The Morgan fingerprint density at radius 1 is 1.29 bits per heavy atom. The molecule has 0 amide bonds. The van der Waals surface area contributed by atoms with Crippen molar-refractivity contribution in [3.63, 3.8) is 0 Å². The van der Waals surface area contributed by atoms with Crippen LogP contribution in [0.25, 0.3) is 0 Å². The van der Waals surface area contributed by atoms with Gasteiger partial charge < -0.3 is 10.0 Å². The summed E-state index contributed by atoms with van der Waals surface area (Å²) in [5.41, 5.74) is -0.862. The monoisotopic (exact) mass is 247 g/mol. The standard InChI is InChI=1S/C10H12F3N3O/c11-10(12,13)7-4-14-9(15-5-7)16-3-1-2-8(17)6-16/h4-5,8,17H,1-3,6H2/t8-/m1/s1. The highest BCUT2D eigenvalue weighted by atomic mass is 19.4. The number of hydrogen-bond acceptors (Lipinski definition) is 4. The number of piperidine rings is 1. The third kappa shape index (κ3) is 2.85. The molecule has 1 aliphatic rings. The topological polar surface area (TPSA) is 49.2 Å². The summed E-state index contributed by atoms with van der Waals surface area (Å²) in [6, 6.07) is 0. The molecule has 1 atom stereocenters. The molecule has 1 fully saturated rings. The number of aliphatic hydroxyl groups is 1. The zero-order valence-electron chi connectivity index (χ0n) is 8.98. The van der Waals surface area contributed by atoms with Gasteiger partial charge in [0.15, 0.2) is 0 Å². The van der Waals surface area contributed by atoms with Crippen molar-refractivity contribution in [3.8, 4) is 0 Å². The fraction of sp³-hybridized carbons (Fsp3) is 0.600. The molecule has 1 aromatic rings. The van der Waals surface area contributed by atoms with Crippen LogP contribution in [0.4, 0.5) is 19.1 Å². The molecule has 7 heteroatoms. The molecular formula is C10H12F3N3O. The molecule has 2 heterocycles. The molecule has 0 saturated carbocycles. The van der Waals surface area contributed by atoms with Gasteiger partial charge in [0.05, 0.1) is 11.7 Å². The van der Waals surface area contributed by atoms with Crippen molar-refractivity contribution in [2.24, 2.45) is 0 Å². The summed E-state index contributed by atoms with van der Waals surface area (Å²) >= 11 is 0. The highest BCUT2D eigenvalue weighted by molar-refractivity contribution is 5.31. The molecule has 0 spiro atoms. The lowest BCUT2D eigenvalue weighted by Gasteiger charge is -2.29. The summed E-state index contributed by atoms with van der Waals surface area (Å²) in [7, 11) is 0. The van der Waals surface area contributed by atoms with Crippen molar-refractivity contribution in [2.45, 2.75) is 25.1 Å². The van der Waals surface area contributed by atoms with Gasteiger partial charge >= 0.3 is 6.18 Å². The largest absolute Gasteiger partial charge is 0.419 e. The van der Waals surface area contributed by atoms with Crippen LogP contribution in [-0.4, -0.2) is 34.3 Å². The Morgan fingerprint density at radius 3 is 2.47 bits per heavy atom. The third-order valence-corrected chi connectivity index (χ3v) is 2.64. The van der Waals surface area contributed by atoms with Crippen molar-refractivity contribution >= 4 is 5.95 Å². The van der Waals surface area contributed by atoms with Crippen LogP contribution in [0.15, 0.2) is 12.4 Å². The van der Waals surface area contributed by atoms with Crippen molar-refractivity contribution in [3.05, 3.63) is 18.0 Å². The van der Waals surface area contributed by atoms with Gasteiger partial charge in [0.1, 0.15) is 0 Å². The highest BCUT2D eigenvalue weighted by Gasteiger charge is 2.31. The lowest BCUT2D eigenvalue weighted by Crippen LogP contribution is -2.39. The van der Waals surface area contributed by atoms with Crippen molar-refractivity contribution in [1.82, 2.24) is 9.97 Å². The maximum atomic E-state index is 12.3. The van der Waals surface area contributed by atoms with E-state index in [-0.39, 0.29) is 5.95 Å². The summed E-state index contributed by atoms with van der Waals surface area (Å²) in [5, 5.41) is 9.45. The van der Waals surface area contributed by atoms with Crippen LogP contribution in [0.1, 0.15) is 18.4 Å². The van der Waals surface area contributed by atoms with E-state index < -0.39 is 17.8 Å². The van der Waals surface area contributed by atoms with E-state index in [1.54, 1.807) is 4.90 Å². The first kappa shape index (κ1) is 12.1. The minimum Gasteiger partial charge on any atom is -0.391 e. The van der Waals surface area contributed by atoms with E-state index >= 15 is 0 Å². The van der Waals surface area contributed by atoms with Gasteiger partial charge in [0, 0.05) is 25.5 Å². The van der Waals surface area contributed by atoms with E-state index in [0.717, 1.165) is 18.8 Å². The Balaban J connectivity index is 2.12. The molecule has 0 bridgehead atoms. The van der Waals surface area contributed by atoms with Crippen LogP contribution < -0.4 is 4.90 Å². The average Bonchev–Trinajstić information content (AvgIpc) is 2.28. The number of anilines is 1. The molecule has 2 rings (SSSR count). The minimum absolute atomic E-state index is 0.233. The van der Waals surface area contributed by atoms with Crippen LogP contribution in [0.2, 0.25) is 0 Å². The lowest BCUT2D eigenvalue weighted by molar-refractivity contribution is -0.138. The second-order valence-corrected chi connectivity index (χ2v) is 4.01. The van der Waals surface area contributed by atoms with Crippen LogP contribution in [0.3, 0.4) is 0 Å². The summed E-state index contributed by atoms with van der Waals surface area (Å²) in [5.74, 6) is 0.233. The first-order chi connectivity index (χ1) is 7.97. The average molecular weight is 247 g/mol. The SMILES string of the molecule is O[C@@H]1CCCN(c2ncc(C(F)(F)F)cn2)C1. The number of hydrogen-bond donors (Lipinski definition) is 1. The van der Waals surface area contributed by atoms with Gasteiger partial charge in [-0.05, 0) is 12.8 Å². The molecule has 4 nitrogen and oxygen atoms in total. The quantitative estimate of drug-likeness (QED) is 0.816. The number of rotatable bonds is 1. The number of nitrogens with zero attached hydrogens (tertiary/aromatic N) is 3. The smallest absolute Gasteiger partial charge is 0.391 e. The number of aliphatic hydroxyl groups excluding tert-OH is 1. The summed E-state index contributed by atoms with van der Waals surface area (Å²) in [6.07, 6.45) is -1.86. The Kier molecular flexibility index (Phi) is 3.19. The molecule has 94 valence electrons. The van der Waals surface area contributed by atoms with E-state index in [1.165, 1.54) is 0 Å². The summed E-state index contributed by atoms with van der Waals surface area (Å²) in [6.45, 7) is 1.02. The van der Waals surface area contributed by atoms with Crippen LogP contribution >= 0.6 is 0 Å². The molecule has 0 aliphatic carbocycles. The lowest BCUT2D eigenvalue weighted by atomic mass is 10.1. The first-order valence-electron chi connectivity index (χ1n) is 5.29. The van der Waals surface area contributed by atoms with Crippen LogP contribution in [0, 0.1) is 0 Å². The molecule has 17 heavy (non-hydrogen) atoms. The Morgan fingerprint density at radius 2 is 1.94 bits per heavy atom. The van der Waals surface area contributed by atoms with Gasteiger partial charge in [-0.2, -0.15) is 13.2 Å². The second kappa shape index (κ2) is 4.48. The molecule has 0 radical (unpaired) electrons. The predicted octanol–water partition coefficient (Wildman–Crippen LogP) is 1.46. The van der Waals surface area contributed by atoms with E-state index in [9.17, 15) is 18.3 Å². The van der Waals surface area contributed by atoms with Gasteiger partial charge in [-0.15, -0.1) is 0 Å². The van der Waals surface area contributed by atoms with E-state index in [4.69, 9.17) is 0 Å². The maximum Gasteiger partial charge on any atom is 0.419 e. The van der Waals surface area contributed by atoms with Gasteiger partial charge in [-0.25, -0.2) is 9.97 Å². The molecule has 1 N–H and O–H groups in total. The van der Waals surface area contributed by atoms with Crippen molar-refractivity contribution < 1.29 is 18.3 Å². The Hall–Kier alpha value is -1.37. The Bertz CT molecular complexity index is 379. The maximum absolute atomic E-state index is 12.3. The normalized spacial score (nSPS) is 21.6. The molecule has 0 aromatic carbocycles. The zero-order chi connectivity index (χ0) is 12.5. The van der Waals surface area contributed by atoms with E-state index in [2.05, 4.69) is 9.97 Å². The molecule has 0 unspecified atom stereocenters. The van der Waals surface area contributed by atoms with Gasteiger partial charge in [-0.1, -0.05) is 0 Å². The number of β-amino-alcohol motifs (C(OH)–C–C–N with tert-alkyl or cyclic N) is 1. The minimum atomic E-state index is -4.42. The fourth-order valence-corrected chi connectivity index (χ4v) is 1.77. The van der Waals surface area contributed by atoms with Crippen molar-refractivity contribution in [1.29, 1.82) is 0 Å². The first-order valence-corrected chi connectivity index (χ1v) is 5.29. The summed E-state index contributed by atoms with van der Waals surface area (Å²) in [4.78, 5) is 9.06. The van der Waals surface area contributed by atoms with Crippen LogP contribution in [-0.2, 0) is 6.18 Å². The number of alkyl halides is 3. The number of halogens is 3. The van der Waals surface area contributed by atoms with Gasteiger partial charge in [-0.3, -0.25) is 0 Å². The summed E-state index contributed by atoms with van der Waals surface area (Å²) < 4.78 is 36.9.